The molecule has 3 aliphatic carbocycles. The number of carbonyl (C=O) groups is 2. The van der Waals surface area contributed by atoms with Crippen LogP contribution in [0.3, 0.4) is 0 Å². The zero-order valence-corrected chi connectivity index (χ0v) is 25.3. The molecule has 0 aromatic rings. The molecule has 3 rings (SSSR count). The quantitative estimate of drug-likeness (QED) is 0.110. The lowest BCUT2D eigenvalue weighted by Gasteiger charge is -2.38. The largest absolute Gasteiger partial charge is 0.462 e. The van der Waals surface area contributed by atoms with E-state index in [0.717, 1.165) is 88.6 Å². The maximum atomic E-state index is 12.9. The van der Waals surface area contributed by atoms with Gasteiger partial charge in [0.2, 0.25) is 0 Å². The third kappa shape index (κ3) is 12.0. The molecule has 5 nitrogen and oxygen atoms in total. The highest BCUT2D eigenvalue weighted by Crippen LogP contribution is 2.42. The fourth-order valence-corrected chi connectivity index (χ4v) is 7.13. The third-order valence-electron chi connectivity index (χ3n) is 9.76. The Balaban J connectivity index is 1.18. The van der Waals surface area contributed by atoms with Crippen LogP contribution in [0.15, 0.2) is 12.2 Å². The van der Waals surface area contributed by atoms with Crippen molar-refractivity contribution in [2.24, 2.45) is 23.7 Å². The van der Waals surface area contributed by atoms with Gasteiger partial charge in [-0.05, 0) is 108 Å². The second-order valence-electron chi connectivity index (χ2n) is 12.9. The van der Waals surface area contributed by atoms with Gasteiger partial charge in [-0.15, -0.1) is 0 Å². The van der Waals surface area contributed by atoms with E-state index in [1.165, 1.54) is 64.2 Å². The number of rotatable bonds is 16. The van der Waals surface area contributed by atoms with E-state index in [9.17, 15) is 9.59 Å². The number of ether oxygens (including phenoxy) is 3. The lowest BCUT2D eigenvalue weighted by atomic mass is 9.70. The standard InChI is InChI=1S/C34H58O5/c1-4-5-8-11-27-12-14-28(15-13-27)29-16-22-32(23-17-29)39-34(36)30-18-20-31(21-19-30)37-24-9-6-7-10-25-38-33(35)26(2)3/h27-32H,2,4-25H2,1,3H3/t27-,28-,29-,30-,31-,32-. The molecule has 5 heteroatoms. The first-order valence-corrected chi connectivity index (χ1v) is 16.6. The average Bonchev–Trinajstić information content (AvgIpc) is 2.95. The minimum absolute atomic E-state index is 0.0526. The molecule has 0 aromatic carbocycles. The minimum Gasteiger partial charge on any atom is -0.462 e. The number of hydrogen-bond donors (Lipinski definition) is 0. The van der Waals surface area contributed by atoms with Gasteiger partial charge in [0, 0.05) is 12.2 Å². The minimum atomic E-state index is -0.300. The highest BCUT2D eigenvalue weighted by molar-refractivity contribution is 5.86. The molecule has 39 heavy (non-hydrogen) atoms. The number of carbonyl (C=O) groups excluding carboxylic acids is 2. The zero-order valence-electron chi connectivity index (χ0n) is 25.3. The van der Waals surface area contributed by atoms with Gasteiger partial charge in [-0.2, -0.15) is 0 Å². The molecule has 0 bridgehead atoms. The van der Waals surface area contributed by atoms with Crippen molar-refractivity contribution in [3.8, 4) is 0 Å². The molecule has 3 saturated carbocycles. The molecule has 0 unspecified atom stereocenters. The van der Waals surface area contributed by atoms with Crippen LogP contribution in [-0.4, -0.2) is 37.4 Å². The number of hydrogen-bond acceptors (Lipinski definition) is 5. The van der Waals surface area contributed by atoms with Crippen molar-refractivity contribution in [1.82, 2.24) is 0 Å². The van der Waals surface area contributed by atoms with Gasteiger partial charge in [-0.25, -0.2) is 4.79 Å². The van der Waals surface area contributed by atoms with Crippen LogP contribution in [0.5, 0.6) is 0 Å². The molecule has 0 heterocycles. The van der Waals surface area contributed by atoms with Gasteiger partial charge in [-0.1, -0.05) is 58.4 Å². The van der Waals surface area contributed by atoms with Gasteiger partial charge in [0.1, 0.15) is 6.10 Å². The van der Waals surface area contributed by atoms with Crippen molar-refractivity contribution >= 4 is 11.9 Å². The smallest absolute Gasteiger partial charge is 0.333 e. The van der Waals surface area contributed by atoms with Crippen LogP contribution in [0, 0.1) is 23.7 Å². The van der Waals surface area contributed by atoms with Crippen LogP contribution in [-0.2, 0) is 23.8 Å². The molecular weight excluding hydrogens is 488 g/mol. The molecule has 3 aliphatic rings. The SMILES string of the molecule is C=C(C)C(=O)OCCCCCCO[C@H]1CC[C@H](C(=O)O[C@H]2CC[C@H]([C@H]3CC[C@H](CCCCC)CC3)CC2)CC1. The molecule has 224 valence electrons. The molecule has 3 fully saturated rings. The Morgan fingerprint density at radius 3 is 1.90 bits per heavy atom. The molecule has 0 aromatic heterocycles. The van der Waals surface area contributed by atoms with E-state index in [-0.39, 0.29) is 30.1 Å². The topological polar surface area (TPSA) is 61.8 Å². The van der Waals surface area contributed by atoms with E-state index in [1.807, 2.05) is 0 Å². The van der Waals surface area contributed by atoms with Crippen molar-refractivity contribution in [2.45, 2.75) is 154 Å². The van der Waals surface area contributed by atoms with Gasteiger partial charge in [0.15, 0.2) is 0 Å². The van der Waals surface area contributed by atoms with Crippen molar-refractivity contribution in [3.05, 3.63) is 12.2 Å². The predicted molar refractivity (Wildman–Crippen MR) is 157 cm³/mol. The molecule has 0 saturated heterocycles. The Morgan fingerprint density at radius 1 is 0.692 bits per heavy atom. The fraction of sp³-hybridized carbons (Fsp3) is 0.882. The predicted octanol–water partition coefficient (Wildman–Crippen LogP) is 8.73. The monoisotopic (exact) mass is 546 g/mol. The number of esters is 2. The summed E-state index contributed by atoms with van der Waals surface area (Å²) in [6.07, 6.45) is 24.2. The molecule has 0 aliphatic heterocycles. The molecule has 0 amide bonds. The highest BCUT2D eigenvalue weighted by atomic mass is 16.5. The first-order chi connectivity index (χ1) is 19.0. The normalized spacial score (nSPS) is 29.5. The van der Waals surface area contributed by atoms with Gasteiger partial charge < -0.3 is 14.2 Å². The summed E-state index contributed by atoms with van der Waals surface area (Å²) in [6.45, 7) is 8.80. The summed E-state index contributed by atoms with van der Waals surface area (Å²) in [6, 6.07) is 0. The Hall–Kier alpha value is -1.36. The van der Waals surface area contributed by atoms with Crippen LogP contribution in [0.4, 0.5) is 0 Å². The van der Waals surface area contributed by atoms with Crippen LogP contribution >= 0.6 is 0 Å². The molecule has 0 radical (unpaired) electrons. The Kier molecular flexibility index (Phi) is 15.0. The van der Waals surface area contributed by atoms with Gasteiger partial charge in [-0.3, -0.25) is 4.79 Å². The lowest BCUT2D eigenvalue weighted by molar-refractivity contribution is -0.158. The maximum Gasteiger partial charge on any atom is 0.333 e. The Labute approximate surface area is 239 Å². The fourth-order valence-electron chi connectivity index (χ4n) is 7.13. The average molecular weight is 547 g/mol. The van der Waals surface area contributed by atoms with Crippen LogP contribution in [0.1, 0.15) is 142 Å². The van der Waals surface area contributed by atoms with E-state index < -0.39 is 0 Å². The molecule has 0 spiro atoms. The zero-order chi connectivity index (χ0) is 27.9. The first-order valence-electron chi connectivity index (χ1n) is 16.6. The van der Waals surface area contributed by atoms with E-state index >= 15 is 0 Å². The molecule has 0 N–H and O–H groups in total. The summed E-state index contributed by atoms with van der Waals surface area (Å²) < 4.78 is 17.2. The van der Waals surface area contributed by atoms with Crippen molar-refractivity contribution in [2.75, 3.05) is 13.2 Å². The van der Waals surface area contributed by atoms with Crippen LogP contribution in [0.2, 0.25) is 0 Å². The number of unbranched alkanes of at least 4 members (excludes halogenated alkanes) is 5. The maximum absolute atomic E-state index is 12.9. The van der Waals surface area contributed by atoms with Crippen LogP contribution in [0.25, 0.3) is 0 Å². The van der Waals surface area contributed by atoms with Crippen molar-refractivity contribution < 1.29 is 23.8 Å². The van der Waals surface area contributed by atoms with E-state index in [4.69, 9.17) is 14.2 Å². The second-order valence-corrected chi connectivity index (χ2v) is 12.9. The van der Waals surface area contributed by atoms with Gasteiger partial charge in [0.25, 0.3) is 0 Å². The molecule has 0 atom stereocenters. The first kappa shape index (κ1) is 32.2. The Bertz CT molecular complexity index is 709. The summed E-state index contributed by atoms with van der Waals surface area (Å²) in [5.41, 5.74) is 0.453. The summed E-state index contributed by atoms with van der Waals surface area (Å²) >= 11 is 0. The molecular formula is C34H58O5. The summed E-state index contributed by atoms with van der Waals surface area (Å²) in [4.78, 5) is 24.2. The van der Waals surface area contributed by atoms with Gasteiger partial charge in [0.05, 0.1) is 18.6 Å². The third-order valence-corrected chi connectivity index (χ3v) is 9.76. The summed E-state index contributed by atoms with van der Waals surface area (Å²) in [5.74, 6) is 2.59. The van der Waals surface area contributed by atoms with E-state index in [2.05, 4.69) is 13.5 Å². The van der Waals surface area contributed by atoms with E-state index in [0.29, 0.717) is 12.2 Å². The summed E-state index contributed by atoms with van der Waals surface area (Å²) in [7, 11) is 0. The van der Waals surface area contributed by atoms with Crippen LogP contribution < -0.4 is 0 Å². The Morgan fingerprint density at radius 2 is 1.28 bits per heavy atom. The summed E-state index contributed by atoms with van der Waals surface area (Å²) in [5, 5.41) is 0. The lowest BCUT2D eigenvalue weighted by Crippen LogP contribution is -2.33. The second kappa shape index (κ2) is 18.1. The van der Waals surface area contributed by atoms with Crippen molar-refractivity contribution in [1.29, 1.82) is 0 Å². The van der Waals surface area contributed by atoms with Crippen molar-refractivity contribution in [3.63, 3.8) is 0 Å². The highest BCUT2D eigenvalue weighted by Gasteiger charge is 2.34. The van der Waals surface area contributed by atoms with E-state index in [1.54, 1.807) is 6.92 Å². The van der Waals surface area contributed by atoms with Gasteiger partial charge >= 0.3 is 11.9 Å².